The third-order valence-corrected chi connectivity index (χ3v) is 3.99. The molecule has 3 rings (SSSR count). The van der Waals surface area contributed by atoms with Crippen LogP contribution in [0.1, 0.15) is 18.4 Å². The van der Waals surface area contributed by atoms with Crippen molar-refractivity contribution in [1.82, 2.24) is 0 Å². The van der Waals surface area contributed by atoms with E-state index in [2.05, 4.69) is 11.0 Å². The molecule has 4 heteroatoms. The van der Waals surface area contributed by atoms with Gasteiger partial charge in [0, 0.05) is 13.1 Å². The Labute approximate surface area is 105 Å². The smallest absolute Gasteiger partial charge is 0.102 e. The highest BCUT2D eigenvalue weighted by atomic mass is 35.5. The van der Waals surface area contributed by atoms with E-state index in [-0.39, 0.29) is 0 Å². The molecule has 3 nitrogen and oxygen atoms in total. The topological polar surface area (TPSA) is 47.3 Å². The highest BCUT2D eigenvalue weighted by Gasteiger charge is 2.52. The predicted octanol–water partition coefficient (Wildman–Crippen LogP) is 2.17. The van der Waals surface area contributed by atoms with Crippen molar-refractivity contribution in [2.45, 2.75) is 18.4 Å². The van der Waals surface area contributed by atoms with Gasteiger partial charge in [0.15, 0.2) is 0 Å². The van der Waals surface area contributed by atoms with Gasteiger partial charge in [0.25, 0.3) is 0 Å². The molecule has 1 saturated heterocycles. The first-order valence-electron chi connectivity index (χ1n) is 5.79. The minimum absolute atomic E-state index is 0.482. The van der Waals surface area contributed by atoms with Gasteiger partial charge in [-0.25, -0.2) is 0 Å². The number of hydrogen-bond acceptors (Lipinski definition) is 3. The Balaban J connectivity index is 1.76. The lowest BCUT2D eigenvalue weighted by molar-refractivity contribution is -0.00928. The van der Waals surface area contributed by atoms with Crippen molar-refractivity contribution in [3.63, 3.8) is 0 Å². The second-order valence-electron chi connectivity index (χ2n) is 5.01. The number of β-amino-alcohol motifs (C(OH)–C–C–N with tert-alkyl or cyclic N) is 1. The highest BCUT2D eigenvalue weighted by Crippen LogP contribution is 2.46. The molecule has 0 bridgehead atoms. The van der Waals surface area contributed by atoms with Crippen molar-refractivity contribution in [2.75, 3.05) is 18.0 Å². The van der Waals surface area contributed by atoms with Gasteiger partial charge in [-0.15, -0.1) is 0 Å². The summed E-state index contributed by atoms with van der Waals surface area (Å²) in [5.41, 5.74) is 0.977. The van der Waals surface area contributed by atoms with E-state index in [1.54, 1.807) is 12.1 Å². The van der Waals surface area contributed by atoms with E-state index in [9.17, 15) is 5.11 Å². The number of aliphatic hydroxyl groups is 1. The maximum Gasteiger partial charge on any atom is 0.102 e. The molecule has 1 aromatic rings. The van der Waals surface area contributed by atoms with Crippen LogP contribution in [0.4, 0.5) is 5.69 Å². The molecule has 0 atom stereocenters. The van der Waals surface area contributed by atoms with Gasteiger partial charge in [-0.3, -0.25) is 0 Å². The van der Waals surface area contributed by atoms with Gasteiger partial charge in [-0.2, -0.15) is 5.26 Å². The van der Waals surface area contributed by atoms with Crippen LogP contribution < -0.4 is 4.90 Å². The Morgan fingerprint density at radius 3 is 2.65 bits per heavy atom. The zero-order chi connectivity index (χ0) is 12.0. The Morgan fingerprint density at radius 2 is 2.12 bits per heavy atom. The van der Waals surface area contributed by atoms with Gasteiger partial charge in [-0.05, 0) is 37.0 Å². The molecular formula is C13H13ClN2O. The molecule has 1 saturated carbocycles. The molecule has 0 unspecified atom stereocenters. The summed E-state index contributed by atoms with van der Waals surface area (Å²) in [5.74, 6) is 0.482. The fraction of sp³-hybridized carbons (Fsp3) is 0.462. The number of rotatable bonds is 2. The first-order chi connectivity index (χ1) is 8.12. The maximum atomic E-state index is 10.2. The molecule has 1 aliphatic carbocycles. The summed E-state index contributed by atoms with van der Waals surface area (Å²) in [6.45, 7) is 1.31. The standard InChI is InChI=1S/C13H13ClN2O/c14-11-5-9(6-15)1-4-12(11)16-7-13(17,8-16)10-2-3-10/h1,4-5,10,17H,2-3,7-8H2. The fourth-order valence-corrected chi connectivity index (χ4v) is 2.80. The SMILES string of the molecule is N#Cc1ccc(N2CC(O)(C3CC3)C2)c(Cl)c1. The van der Waals surface area contributed by atoms with Gasteiger partial charge in [0.1, 0.15) is 5.60 Å². The normalized spacial score (nSPS) is 21.8. The Morgan fingerprint density at radius 1 is 1.41 bits per heavy atom. The quantitative estimate of drug-likeness (QED) is 0.873. The van der Waals surface area contributed by atoms with E-state index < -0.39 is 5.60 Å². The van der Waals surface area contributed by atoms with Crippen molar-refractivity contribution in [2.24, 2.45) is 5.92 Å². The molecule has 88 valence electrons. The fourth-order valence-electron chi connectivity index (χ4n) is 2.50. The number of hydrogen-bond donors (Lipinski definition) is 1. The van der Waals surface area contributed by atoms with Gasteiger partial charge in [0.05, 0.1) is 22.3 Å². The van der Waals surface area contributed by atoms with Crippen molar-refractivity contribution in [1.29, 1.82) is 5.26 Å². The first-order valence-corrected chi connectivity index (χ1v) is 6.17. The summed E-state index contributed by atoms with van der Waals surface area (Å²) in [7, 11) is 0. The van der Waals surface area contributed by atoms with E-state index in [0.29, 0.717) is 29.6 Å². The minimum Gasteiger partial charge on any atom is -0.386 e. The molecule has 0 radical (unpaired) electrons. The predicted molar refractivity (Wildman–Crippen MR) is 66.1 cm³/mol. The largest absolute Gasteiger partial charge is 0.386 e. The number of nitrogens with zero attached hydrogens (tertiary/aromatic N) is 2. The summed E-state index contributed by atoms with van der Waals surface area (Å²) >= 11 is 6.13. The average molecular weight is 249 g/mol. The van der Waals surface area contributed by atoms with Crippen LogP contribution in [0.25, 0.3) is 0 Å². The second-order valence-corrected chi connectivity index (χ2v) is 5.42. The molecule has 2 fully saturated rings. The lowest BCUT2D eigenvalue weighted by atomic mass is 9.88. The van der Waals surface area contributed by atoms with Crippen LogP contribution in [0.3, 0.4) is 0 Å². The lowest BCUT2D eigenvalue weighted by Crippen LogP contribution is -2.63. The number of nitriles is 1. The number of anilines is 1. The Bertz CT molecular complexity index is 499. The van der Waals surface area contributed by atoms with E-state index in [1.165, 1.54) is 0 Å². The lowest BCUT2D eigenvalue weighted by Gasteiger charge is -2.48. The second kappa shape index (κ2) is 3.63. The Kier molecular flexibility index (Phi) is 2.32. The van der Waals surface area contributed by atoms with E-state index in [0.717, 1.165) is 18.5 Å². The Hall–Kier alpha value is -1.24. The van der Waals surface area contributed by atoms with Gasteiger partial charge in [0.2, 0.25) is 0 Å². The minimum atomic E-state index is -0.503. The third kappa shape index (κ3) is 1.78. The summed E-state index contributed by atoms with van der Waals surface area (Å²) in [6.07, 6.45) is 2.29. The van der Waals surface area contributed by atoms with Crippen LogP contribution in [-0.2, 0) is 0 Å². The zero-order valence-electron chi connectivity index (χ0n) is 9.36. The molecule has 1 N–H and O–H groups in total. The van der Waals surface area contributed by atoms with Crippen molar-refractivity contribution < 1.29 is 5.11 Å². The van der Waals surface area contributed by atoms with E-state index in [4.69, 9.17) is 16.9 Å². The van der Waals surface area contributed by atoms with E-state index >= 15 is 0 Å². The molecule has 1 aromatic carbocycles. The van der Waals surface area contributed by atoms with Gasteiger partial charge >= 0.3 is 0 Å². The highest BCUT2D eigenvalue weighted by molar-refractivity contribution is 6.33. The molecule has 17 heavy (non-hydrogen) atoms. The van der Waals surface area contributed by atoms with Crippen LogP contribution in [0.2, 0.25) is 5.02 Å². The molecular weight excluding hydrogens is 236 g/mol. The maximum absolute atomic E-state index is 10.2. The van der Waals surface area contributed by atoms with Crippen LogP contribution in [-0.4, -0.2) is 23.8 Å². The van der Waals surface area contributed by atoms with Crippen LogP contribution in [0.15, 0.2) is 18.2 Å². The van der Waals surface area contributed by atoms with Crippen LogP contribution >= 0.6 is 11.6 Å². The zero-order valence-corrected chi connectivity index (χ0v) is 10.1. The number of halogens is 1. The van der Waals surface area contributed by atoms with E-state index in [1.807, 2.05) is 6.07 Å². The molecule has 0 amide bonds. The van der Waals surface area contributed by atoms with Crippen LogP contribution in [0.5, 0.6) is 0 Å². The van der Waals surface area contributed by atoms with Crippen LogP contribution in [0, 0.1) is 17.2 Å². The van der Waals surface area contributed by atoms with Gasteiger partial charge < -0.3 is 10.0 Å². The third-order valence-electron chi connectivity index (χ3n) is 3.68. The monoisotopic (exact) mass is 248 g/mol. The first kappa shape index (κ1) is 10.9. The van der Waals surface area contributed by atoms with Crippen molar-refractivity contribution >= 4 is 17.3 Å². The summed E-state index contributed by atoms with van der Waals surface area (Å²) in [6, 6.07) is 7.35. The molecule has 1 heterocycles. The van der Waals surface area contributed by atoms with Crippen molar-refractivity contribution in [3.8, 4) is 6.07 Å². The average Bonchev–Trinajstić information content (AvgIpc) is 3.09. The van der Waals surface area contributed by atoms with Crippen molar-refractivity contribution in [3.05, 3.63) is 28.8 Å². The molecule has 0 spiro atoms. The van der Waals surface area contributed by atoms with Gasteiger partial charge in [-0.1, -0.05) is 11.6 Å². The summed E-state index contributed by atoms with van der Waals surface area (Å²) in [4.78, 5) is 2.07. The molecule has 2 aliphatic rings. The number of benzene rings is 1. The molecule has 0 aromatic heterocycles. The summed E-state index contributed by atoms with van der Waals surface area (Å²) in [5, 5.41) is 19.6. The molecule has 1 aliphatic heterocycles. The summed E-state index contributed by atoms with van der Waals surface area (Å²) < 4.78 is 0.